The van der Waals surface area contributed by atoms with Crippen molar-refractivity contribution in [1.29, 1.82) is 0 Å². The van der Waals surface area contributed by atoms with Crippen molar-refractivity contribution in [2.75, 3.05) is 0 Å². The third-order valence-electron chi connectivity index (χ3n) is 2.29. The summed E-state index contributed by atoms with van der Waals surface area (Å²) in [6, 6.07) is 19.2. The molecule has 0 nitrogen and oxygen atoms in total. The van der Waals surface area contributed by atoms with Crippen LogP contribution in [0.15, 0.2) is 59.6 Å². The topological polar surface area (TPSA) is 0 Å². The van der Waals surface area contributed by atoms with Crippen molar-refractivity contribution in [1.82, 2.24) is 0 Å². The molecule has 0 aliphatic carbocycles. The number of rotatable bonds is 3. The van der Waals surface area contributed by atoms with Crippen LogP contribution in [0.1, 0.15) is 11.1 Å². The summed E-state index contributed by atoms with van der Waals surface area (Å²) in [6.45, 7) is 2.12. The SMILES string of the molecule is Cc1ccc([Se]/C=C/c2ccccc2)cc1. The van der Waals surface area contributed by atoms with Gasteiger partial charge in [0, 0.05) is 0 Å². The summed E-state index contributed by atoms with van der Waals surface area (Å²) in [6.07, 6.45) is 2.19. The maximum atomic E-state index is 2.27. The van der Waals surface area contributed by atoms with Crippen molar-refractivity contribution >= 4 is 25.5 Å². The van der Waals surface area contributed by atoms with Crippen LogP contribution in [-0.4, -0.2) is 15.0 Å². The van der Waals surface area contributed by atoms with Crippen molar-refractivity contribution in [3.8, 4) is 0 Å². The van der Waals surface area contributed by atoms with Crippen LogP contribution in [0, 0.1) is 6.92 Å². The molecule has 0 bridgehead atoms. The molecule has 0 saturated heterocycles. The van der Waals surface area contributed by atoms with Gasteiger partial charge in [-0.3, -0.25) is 0 Å². The first-order chi connectivity index (χ1) is 7.84. The second kappa shape index (κ2) is 5.69. The Morgan fingerprint density at radius 2 is 1.56 bits per heavy atom. The zero-order valence-electron chi connectivity index (χ0n) is 9.26. The third kappa shape index (κ3) is 3.37. The van der Waals surface area contributed by atoms with Crippen molar-refractivity contribution in [2.45, 2.75) is 6.92 Å². The molecule has 0 N–H and O–H groups in total. The first kappa shape index (κ1) is 11.2. The minimum absolute atomic E-state index is 0.434. The molecule has 0 unspecified atom stereocenters. The summed E-state index contributed by atoms with van der Waals surface area (Å²) >= 11 is 0.434. The number of hydrogen-bond acceptors (Lipinski definition) is 0. The Bertz CT molecular complexity index is 455. The predicted molar refractivity (Wildman–Crippen MR) is 72.0 cm³/mol. The van der Waals surface area contributed by atoms with Gasteiger partial charge in [-0.05, 0) is 0 Å². The molecule has 2 aromatic rings. The van der Waals surface area contributed by atoms with Crippen molar-refractivity contribution in [3.05, 3.63) is 70.7 Å². The molecule has 0 amide bonds. The van der Waals surface area contributed by atoms with Crippen molar-refractivity contribution < 1.29 is 0 Å². The van der Waals surface area contributed by atoms with E-state index in [1.807, 2.05) is 6.07 Å². The zero-order valence-corrected chi connectivity index (χ0v) is 11.0. The molecular formula is C15H14Se. The van der Waals surface area contributed by atoms with Crippen molar-refractivity contribution in [2.24, 2.45) is 0 Å². The van der Waals surface area contributed by atoms with Crippen molar-refractivity contribution in [3.63, 3.8) is 0 Å². The van der Waals surface area contributed by atoms with Gasteiger partial charge >= 0.3 is 103 Å². The summed E-state index contributed by atoms with van der Waals surface area (Å²) in [4.78, 5) is 2.27. The molecule has 0 spiro atoms. The molecule has 0 aliphatic rings. The molecular weight excluding hydrogens is 259 g/mol. The fourth-order valence-electron chi connectivity index (χ4n) is 1.37. The molecule has 0 fully saturated rings. The van der Waals surface area contributed by atoms with Gasteiger partial charge in [-0.15, -0.1) is 0 Å². The van der Waals surface area contributed by atoms with Gasteiger partial charge in [-0.2, -0.15) is 0 Å². The van der Waals surface area contributed by atoms with Gasteiger partial charge in [0.2, 0.25) is 0 Å². The maximum absolute atomic E-state index is 2.27. The number of aryl methyl sites for hydroxylation is 1. The summed E-state index contributed by atoms with van der Waals surface area (Å²) in [7, 11) is 0. The quantitative estimate of drug-likeness (QED) is 0.754. The van der Waals surface area contributed by atoms with E-state index in [0.29, 0.717) is 15.0 Å². The molecule has 16 heavy (non-hydrogen) atoms. The second-order valence-electron chi connectivity index (χ2n) is 3.64. The Kier molecular flexibility index (Phi) is 3.98. The molecule has 0 aromatic heterocycles. The van der Waals surface area contributed by atoms with Gasteiger partial charge in [0.15, 0.2) is 0 Å². The number of benzene rings is 2. The van der Waals surface area contributed by atoms with Crippen LogP contribution in [0.2, 0.25) is 0 Å². The van der Waals surface area contributed by atoms with Gasteiger partial charge in [-0.1, -0.05) is 0 Å². The van der Waals surface area contributed by atoms with E-state index in [9.17, 15) is 0 Å². The van der Waals surface area contributed by atoms with Gasteiger partial charge < -0.3 is 0 Å². The van der Waals surface area contributed by atoms with E-state index < -0.39 is 0 Å². The van der Waals surface area contributed by atoms with Crippen LogP contribution in [0.3, 0.4) is 0 Å². The van der Waals surface area contributed by atoms with Crippen LogP contribution >= 0.6 is 0 Å². The molecule has 0 atom stereocenters. The van der Waals surface area contributed by atoms with E-state index >= 15 is 0 Å². The third-order valence-corrected chi connectivity index (χ3v) is 4.00. The Balaban J connectivity index is 1.97. The predicted octanol–water partition coefficient (Wildman–Crippen LogP) is 3.00. The van der Waals surface area contributed by atoms with Crippen LogP contribution in [0.4, 0.5) is 0 Å². The van der Waals surface area contributed by atoms with Gasteiger partial charge in [0.25, 0.3) is 0 Å². The Morgan fingerprint density at radius 1 is 0.875 bits per heavy atom. The fraction of sp³-hybridized carbons (Fsp3) is 0.0667. The molecule has 0 radical (unpaired) electrons. The summed E-state index contributed by atoms with van der Waals surface area (Å²) in [5.74, 6) is 0. The molecule has 2 aromatic carbocycles. The van der Waals surface area contributed by atoms with Gasteiger partial charge in [-0.25, -0.2) is 0 Å². The van der Waals surface area contributed by atoms with Crippen LogP contribution in [0.25, 0.3) is 6.08 Å². The molecule has 0 aliphatic heterocycles. The molecule has 80 valence electrons. The monoisotopic (exact) mass is 274 g/mol. The van der Waals surface area contributed by atoms with E-state index in [4.69, 9.17) is 0 Å². The van der Waals surface area contributed by atoms with Crippen LogP contribution in [0.5, 0.6) is 0 Å². The molecule has 0 saturated carbocycles. The second-order valence-corrected chi connectivity index (χ2v) is 5.70. The fourth-order valence-corrected chi connectivity index (χ4v) is 2.79. The minimum atomic E-state index is 0.434. The summed E-state index contributed by atoms with van der Waals surface area (Å²) < 4.78 is 1.42. The Hall–Kier alpha value is -1.30. The Morgan fingerprint density at radius 3 is 2.25 bits per heavy atom. The summed E-state index contributed by atoms with van der Waals surface area (Å²) in [5, 5.41) is 0. The normalized spacial score (nSPS) is 10.8. The molecule has 1 heteroatoms. The van der Waals surface area contributed by atoms with E-state index in [1.54, 1.807) is 0 Å². The van der Waals surface area contributed by atoms with E-state index in [-0.39, 0.29) is 0 Å². The van der Waals surface area contributed by atoms with E-state index in [2.05, 4.69) is 66.5 Å². The standard InChI is InChI=1S/C15H14Se/c1-13-7-9-15(10-8-13)16-12-11-14-5-3-2-4-6-14/h2-12H,1H3/b12-11+. The van der Waals surface area contributed by atoms with Gasteiger partial charge in [0.1, 0.15) is 0 Å². The van der Waals surface area contributed by atoms with E-state index in [1.165, 1.54) is 15.6 Å². The molecule has 0 heterocycles. The molecule has 2 rings (SSSR count). The Labute approximate surface area is 103 Å². The average molecular weight is 273 g/mol. The van der Waals surface area contributed by atoms with Crippen LogP contribution < -0.4 is 4.46 Å². The number of hydrogen-bond donors (Lipinski definition) is 0. The summed E-state index contributed by atoms with van der Waals surface area (Å²) in [5.41, 5.74) is 2.60. The van der Waals surface area contributed by atoms with E-state index in [0.717, 1.165) is 0 Å². The zero-order chi connectivity index (χ0) is 11.2. The average Bonchev–Trinajstić information content (AvgIpc) is 2.33. The first-order valence-corrected chi connectivity index (χ1v) is 7.14. The van der Waals surface area contributed by atoms with Crippen LogP contribution in [-0.2, 0) is 0 Å². The first-order valence-electron chi connectivity index (χ1n) is 5.29. The van der Waals surface area contributed by atoms with Gasteiger partial charge in [0.05, 0.1) is 0 Å².